The van der Waals surface area contributed by atoms with Gasteiger partial charge in [0.1, 0.15) is 6.61 Å². The van der Waals surface area contributed by atoms with E-state index in [2.05, 4.69) is 74.6 Å². The highest BCUT2D eigenvalue weighted by Crippen LogP contribution is 2.16. The van der Waals surface area contributed by atoms with Gasteiger partial charge in [0.15, 0.2) is 12.1 Å². The summed E-state index contributed by atoms with van der Waals surface area (Å²) >= 11 is 0. The van der Waals surface area contributed by atoms with Crippen LogP contribution in [0.2, 0.25) is 0 Å². The van der Waals surface area contributed by atoms with Crippen molar-refractivity contribution in [2.24, 2.45) is 0 Å². The molecule has 0 aliphatic rings. The first-order chi connectivity index (χ1) is 30.6. The minimum atomic E-state index is -0.887. The highest BCUT2D eigenvalue weighted by Gasteiger charge is 2.31. The van der Waals surface area contributed by atoms with Gasteiger partial charge in [-0.1, -0.05) is 209 Å². The molecular weight excluding hydrogens is 787 g/mol. The van der Waals surface area contributed by atoms with Crippen LogP contribution in [-0.2, 0) is 28.6 Å². The zero-order chi connectivity index (χ0) is 46.3. The Balaban J connectivity index is 4.35. The van der Waals surface area contributed by atoms with Gasteiger partial charge in [-0.15, -0.1) is 0 Å². The van der Waals surface area contributed by atoms with Crippen LogP contribution in [0.25, 0.3) is 0 Å². The van der Waals surface area contributed by atoms with Crippen molar-refractivity contribution < 1.29 is 38.2 Å². The lowest BCUT2D eigenvalue weighted by Crippen LogP contribution is -2.50. The zero-order valence-corrected chi connectivity index (χ0v) is 41.3. The monoisotopic (exact) mass is 883 g/mol. The number of esters is 2. The van der Waals surface area contributed by atoms with Crippen molar-refractivity contribution in [3.8, 4) is 0 Å². The molecule has 0 aromatic carbocycles. The van der Waals surface area contributed by atoms with Crippen molar-refractivity contribution in [2.45, 2.75) is 219 Å². The van der Waals surface area contributed by atoms with Crippen LogP contribution in [-0.4, -0.2) is 80.6 Å². The van der Waals surface area contributed by atoms with Crippen molar-refractivity contribution in [2.75, 3.05) is 41.0 Å². The van der Waals surface area contributed by atoms with Gasteiger partial charge < -0.3 is 23.8 Å². The fraction of sp³-hybridized carbons (Fsp3) is 0.727. The van der Waals surface area contributed by atoms with Gasteiger partial charge in [-0.05, 0) is 51.4 Å². The van der Waals surface area contributed by atoms with Crippen LogP contribution in [0.1, 0.15) is 206 Å². The van der Waals surface area contributed by atoms with Gasteiger partial charge in [0.2, 0.25) is 0 Å². The van der Waals surface area contributed by atoms with E-state index in [-0.39, 0.29) is 42.7 Å². The van der Waals surface area contributed by atoms with Gasteiger partial charge in [0.05, 0.1) is 34.4 Å². The van der Waals surface area contributed by atoms with E-state index in [9.17, 15) is 19.5 Å². The van der Waals surface area contributed by atoms with Crippen molar-refractivity contribution in [3.05, 3.63) is 72.9 Å². The molecule has 0 saturated carbocycles. The van der Waals surface area contributed by atoms with Crippen molar-refractivity contribution in [1.82, 2.24) is 0 Å². The van der Waals surface area contributed by atoms with Gasteiger partial charge in [-0.2, -0.15) is 0 Å². The molecule has 0 rings (SSSR count). The van der Waals surface area contributed by atoms with E-state index in [1.807, 2.05) is 33.3 Å². The number of carboxylic acid groups (broad SMARTS) is 1. The van der Waals surface area contributed by atoms with E-state index < -0.39 is 18.1 Å². The number of nitrogens with zero attached hydrogens (tertiary/aromatic N) is 1. The number of allylic oxidation sites excluding steroid dienone is 12. The van der Waals surface area contributed by atoms with Crippen LogP contribution in [0.5, 0.6) is 0 Å². The number of carbonyl (C=O) groups is 3. The van der Waals surface area contributed by atoms with Gasteiger partial charge in [-0.25, -0.2) is 4.79 Å². The van der Waals surface area contributed by atoms with E-state index in [0.717, 1.165) is 57.8 Å². The van der Waals surface area contributed by atoms with Crippen molar-refractivity contribution >= 4 is 17.9 Å². The van der Waals surface area contributed by atoms with Crippen LogP contribution in [0, 0.1) is 0 Å². The average Bonchev–Trinajstić information content (AvgIpc) is 3.24. The molecule has 0 aromatic rings. The molecule has 0 aromatic heterocycles. The summed E-state index contributed by atoms with van der Waals surface area (Å²) in [6, 6.07) is -0.630. The second kappa shape index (κ2) is 45.3. The van der Waals surface area contributed by atoms with E-state index >= 15 is 0 Å². The molecule has 63 heavy (non-hydrogen) atoms. The number of carbonyl (C=O) groups excluding carboxylic acids is 2. The topological polar surface area (TPSA) is 99.1 Å². The Kier molecular flexibility index (Phi) is 43.0. The van der Waals surface area contributed by atoms with Crippen LogP contribution < -0.4 is 0 Å². The third kappa shape index (κ3) is 43.8. The molecule has 0 heterocycles. The molecule has 0 fully saturated rings. The van der Waals surface area contributed by atoms with Crippen LogP contribution >= 0.6 is 0 Å². The van der Waals surface area contributed by atoms with E-state index in [4.69, 9.17) is 14.2 Å². The second-order valence-corrected chi connectivity index (χ2v) is 18.1. The molecule has 0 aliphatic carbocycles. The Labute approximate surface area is 387 Å². The highest BCUT2D eigenvalue weighted by molar-refractivity contribution is 5.72. The summed E-state index contributed by atoms with van der Waals surface area (Å²) in [5, 5.41) is 9.65. The SMILES string of the molecule is CC/C=C\C/C=C\C/C=C\C/C=C\C/C=C\C/C=C\CCC(=O)OC(COCCC(C(=O)O)[N+](C)(C)C)COC(=O)CCCCCCCCCCCCCCCCCCCCCC. The number of likely N-dealkylation sites (N-methyl/N-ethyl adjacent to an activating group) is 1. The Morgan fingerprint density at radius 1 is 0.492 bits per heavy atom. The van der Waals surface area contributed by atoms with E-state index in [1.54, 1.807) is 0 Å². The van der Waals surface area contributed by atoms with E-state index in [0.29, 0.717) is 19.3 Å². The van der Waals surface area contributed by atoms with E-state index in [1.165, 1.54) is 109 Å². The third-order valence-electron chi connectivity index (χ3n) is 11.1. The number of ether oxygens (including phenoxy) is 3. The number of quaternary nitrogens is 1. The van der Waals surface area contributed by atoms with Gasteiger partial charge in [0, 0.05) is 19.3 Å². The molecule has 0 amide bonds. The first-order valence-electron chi connectivity index (χ1n) is 25.5. The fourth-order valence-corrected chi connectivity index (χ4v) is 7.24. The van der Waals surface area contributed by atoms with Crippen LogP contribution in [0.3, 0.4) is 0 Å². The van der Waals surface area contributed by atoms with Crippen molar-refractivity contribution in [1.29, 1.82) is 0 Å². The summed E-state index contributed by atoms with van der Waals surface area (Å²) in [5.41, 5.74) is 0. The summed E-state index contributed by atoms with van der Waals surface area (Å²) in [4.78, 5) is 37.1. The Morgan fingerprint density at radius 3 is 1.29 bits per heavy atom. The quantitative estimate of drug-likeness (QED) is 0.0281. The van der Waals surface area contributed by atoms with Crippen LogP contribution in [0.15, 0.2) is 72.9 Å². The van der Waals surface area contributed by atoms with Crippen molar-refractivity contribution in [3.63, 3.8) is 0 Å². The minimum Gasteiger partial charge on any atom is -0.477 e. The summed E-state index contributed by atoms with van der Waals surface area (Å²) in [6.07, 6.45) is 58.3. The number of hydrogen-bond donors (Lipinski definition) is 1. The molecular formula is C55H96NO7+. The molecule has 0 bridgehead atoms. The second-order valence-electron chi connectivity index (χ2n) is 18.1. The Morgan fingerprint density at radius 2 is 0.889 bits per heavy atom. The lowest BCUT2D eigenvalue weighted by atomic mass is 10.0. The first-order valence-corrected chi connectivity index (χ1v) is 25.5. The average molecular weight is 883 g/mol. The fourth-order valence-electron chi connectivity index (χ4n) is 7.24. The predicted molar refractivity (Wildman–Crippen MR) is 266 cm³/mol. The smallest absolute Gasteiger partial charge is 0.362 e. The van der Waals surface area contributed by atoms with Gasteiger partial charge in [-0.3, -0.25) is 9.59 Å². The molecule has 0 aliphatic heterocycles. The molecule has 0 spiro atoms. The molecule has 0 radical (unpaired) electrons. The number of carboxylic acids is 1. The Bertz CT molecular complexity index is 1260. The number of hydrogen-bond acceptors (Lipinski definition) is 6. The summed E-state index contributed by atoms with van der Waals surface area (Å²) in [7, 11) is 5.51. The largest absolute Gasteiger partial charge is 0.477 e. The third-order valence-corrected chi connectivity index (χ3v) is 11.1. The Hall–Kier alpha value is -3.23. The van der Waals surface area contributed by atoms with Gasteiger partial charge >= 0.3 is 17.9 Å². The molecule has 8 heteroatoms. The maximum atomic E-state index is 12.7. The maximum Gasteiger partial charge on any atom is 0.362 e. The molecule has 362 valence electrons. The lowest BCUT2D eigenvalue weighted by Gasteiger charge is -2.31. The normalized spacial score (nSPS) is 13.5. The zero-order valence-electron chi connectivity index (χ0n) is 41.3. The molecule has 0 saturated heterocycles. The standard InChI is InChI=1S/C55H95NO7/c1-6-8-10-12-14-16-18-20-22-24-26-28-29-31-33-35-37-39-41-43-45-53(57)62-50-51(49-61-48-47-52(55(59)60)56(3,4)5)63-54(58)46-44-42-40-38-36-34-32-30-27-25-23-21-19-17-15-13-11-9-7-2/h9,11,15,17,21,23,27,30,34,36,40,42,51-52H,6-8,10,12-14,16,18-20,22,24-26,28-29,31-33,35,37-39,41,43-50H2,1-5H3/p+1/b11-9-,17-15-,23-21-,30-27-,36-34-,42-40-. The summed E-state index contributed by atoms with van der Waals surface area (Å²) in [5.74, 6) is -1.57. The maximum absolute atomic E-state index is 12.7. The predicted octanol–water partition coefficient (Wildman–Crippen LogP) is 14.7. The lowest BCUT2D eigenvalue weighted by molar-refractivity contribution is -0.887. The molecule has 2 atom stereocenters. The highest BCUT2D eigenvalue weighted by atomic mass is 16.6. The number of unbranched alkanes of at least 4 members (excludes halogenated alkanes) is 19. The molecule has 1 N–H and O–H groups in total. The first kappa shape index (κ1) is 59.8. The summed E-state index contributed by atoms with van der Waals surface area (Å²) in [6.45, 7) is 4.56. The number of rotatable bonds is 45. The molecule has 8 nitrogen and oxygen atoms in total. The summed E-state index contributed by atoms with van der Waals surface area (Å²) < 4.78 is 17.3. The minimum absolute atomic E-state index is 0.0295. The van der Waals surface area contributed by atoms with Crippen LogP contribution in [0.4, 0.5) is 0 Å². The number of aliphatic carboxylic acids is 1. The van der Waals surface area contributed by atoms with Gasteiger partial charge in [0.25, 0.3) is 0 Å². The molecule has 2 unspecified atom stereocenters.